The molecule has 0 bridgehead atoms. The summed E-state index contributed by atoms with van der Waals surface area (Å²) in [6, 6.07) is 4.14. The number of carbonyl (C=O) groups excluding carboxylic acids is 3. The number of hydrogen-bond donors (Lipinski definition) is 3. The Kier molecular flexibility index (Phi) is 4.30. The summed E-state index contributed by atoms with van der Waals surface area (Å²) in [4.78, 5) is 32.6. The number of nitrogens with two attached hydrogens (primary N) is 1. The van der Waals surface area contributed by atoms with Gasteiger partial charge in [0.2, 0.25) is 0 Å². The number of carbonyl (C=O) groups is 3. The van der Waals surface area contributed by atoms with Crippen molar-refractivity contribution in [2.45, 2.75) is 0 Å². The van der Waals surface area contributed by atoms with Gasteiger partial charge in [0, 0.05) is 5.56 Å². The summed E-state index contributed by atoms with van der Waals surface area (Å²) >= 11 is 11.4. The van der Waals surface area contributed by atoms with Crippen LogP contribution in [0.5, 0.6) is 0 Å². The van der Waals surface area contributed by atoms with Gasteiger partial charge in [0.25, 0.3) is 5.91 Å². The van der Waals surface area contributed by atoms with E-state index in [4.69, 9.17) is 23.2 Å². The van der Waals surface area contributed by atoms with Gasteiger partial charge in [-0.2, -0.15) is 0 Å². The van der Waals surface area contributed by atoms with Crippen LogP contribution in [0.2, 0.25) is 10.0 Å². The molecule has 0 fully saturated rings. The minimum absolute atomic E-state index is 0.171. The van der Waals surface area contributed by atoms with Gasteiger partial charge in [-0.05, 0) is 18.2 Å². The molecular weight excluding hydrogens is 269 g/mol. The molecule has 0 aliphatic carbocycles. The first-order valence-corrected chi connectivity index (χ1v) is 5.02. The van der Waals surface area contributed by atoms with Crippen LogP contribution in [0.4, 0.5) is 0 Å². The van der Waals surface area contributed by atoms with Crippen LogP contribution in [0.15, 0.2) is 18.2 Å². The van der Waals surface area contributed by atoms with Crippen molar-refractivity contribution in [2.75, 3.05) is 0 Å². The Morgan fingerprint density at radius 3 is 2.24 bits per heavy atom. The summed E-state index contributed by atoms with van der Waals surface area (Å²) in [7, 11) is 0. The maximum absolute atomic E-state index is 11.5. The third kappa shape index (κ3) is 3.61. The molecule has 0 saturated heterocycles. The highest BCUT2D eigenvalue weighted by Crippen LogP contribution is 2.22. The molecule has 0 unspecified atom stereocenters. The van der Waals surface area contributed by atoms with E-state index in [2.05, 4.69) is 5.73 Å². The fraction of sp³-hybridized carbons (Fsp3) is 0. The fourth-order valence-corrected chi connectivity index (χ4v) is 1.18. The van der Waals surface area contributed by atoms with Gasteiger partial charge >= 0.3 is 11.8 Å². The molecule has 17 heavy (non-hydrogen) atoms. The topological polar surface area (TPSA) is 101 Å². The van der Waals surface area contributed by atoms with E-state index in [0.29, 0.717) is 5.02 Å². The number of halogens is 2. The van der Waals surface area contributed by atoms with Crippen LogP contribution in [-0.4, -0.2) is 17.7 Å². The Morgan fingerprint density at radius 2 is 1.71 bits per heavy atom. The molecule has 0 aliphatic rings. The van der Waals surface area contributed by atoms with E-state index >= 15 is 0 Å². The van der Waals surface area contributed by atoms with Gasteiger partial charge in [0.1, 0.15) is 0 Å². The SMILES string of the molecule is NC(=O)C(=O)NNC(=O)c1ccc(Cl)c(Cl)c1. The van der Waals surface area contributed by atoms with Crippen molar-refractivity contribution in [2.24, 2.45) is 5.73 Å². The predicted octanol–water partition coefficient (Wildman–Crippen LogP) is 0.240. The van der Waals surface area contributed by atoms with E-state index in [9.17, 15) is 14.4 Å². The van der Waals surface area contributed by atoms with Crippen LogP contribution in [0.1, 0.15) is 10.4 Å². The van der Waals surface area contributed by atoms with Gasteiger partial charge in [-0.25, -0.2) is 0 Å². The van der Waals surface area contributed by atoms with Crippen LogP contribution < -0.4 is 16.6 Å². The second kappa shape index (κ2) is 5.51. The smallest absolute Gasteiger partial charge is 0.327 e. The lowest BCUT2D eigenvalue weighted by molar-refractivity contribution is -0.137. The summed E-state index contributed by atoms with van der Waals surface area (Å²) in [5, 5.41) is 0.491. The Balaban J connectivity index is 2.67. The summed E-state index contributed by atoms with van der Waals surface area (Å²) in [6.45, 7) is 0. The van der Waals surface area contributed by atoms with Crippen molar-refractivity contribution in [1.29, 1.82) is 0 Å². The Morgan fingerprint density at radius 1 is 1.06 bits per heavy atom. The van der Waals surface area contributed by atoms with Crippen molar-refractivity contribution in [1.82, 2.24) is 10.9 Å². The Labute approximate surface area is 106 Å². The average Bonchev–Trinajstić information content (AvgIpc) is 2.28. The third-order valence-electron chi connectivity index (χ3n) is 1.70. The normalized spacial score (nSPS) is 9.53. The van der Waals surface area contributed by atoms with Gasteiger partial charge < -0.3 is 5.73 Å². The van der Waals surface area contributed by atoms with Gasteiger partial charge in [-0.3, -0.25) is 25.2 Å². The lowest BCUT2D eigenvalue weighted by atomic mass is 10.2. The number of hydrogen-bond acceptors (Lipinski definition) is 3. The van der Waals surface area contributed by atoms with Gasteiger partial charge in [0.15, 0.2) is 0 Å². The minimum Gasteiger partial charge on any atom is -0.361 e. The van der Waals surface area contributed by atoms with Gasteiger partial charge in [0.05, 0.1) is 10.0 Å². The predicted molar refractivity (Wildman–Crippen MR) is 61.3 cm³/mol. The van der Waals surface area contributed by atoms with Crippen LogP contribution in [0.25, 0.3) is 0 Å². The second-order valence-corrected chi connectivity index (χ2v) is 3.72. The van der Waals surface area contributed by atoms with Crippen molar-refractivity contribution in [3.8, 4) is 0 Å². The number of hydrazine groups is 1. The van der Waals surface area contributed by atoms with Crippen molar-refractivity contribution in [3.63, 3.8) is 0 Å². The zero-order valence-corrected chi connectivity index (χ0v) is 9.80. The molecule has 90 valence electrons. The van der Waals surface area contributed by atoms with E-state index in [1.54, 1.807) is 0 Å². The molecule has 0 heterocycles. The summed E-state index contributed by atoms with van der Waals surface area (Å²) < 4.78 is 0. The fourth-order valence-electron chi connectivity index (χ4n) is 0.885. The quantitative estimate of drug-likeness (QED) is 0.505. The van der Waals surface area contributed by atoms with Crippen molar-refractivity contribution >= 4 is 40.9 Å². The van der Waals surface area contributed by atoms with E-state index in [1.165, 1.54) is 18.2 Å². The lowest BCUT2D eigenvalue weighted by Crippen LogP contribution is -2.47. The Bertz CT molecular complexity index is 490. The molecule has 8 heteroatoms. The van der Waals surface area contributed by atoms with Crippen LogP contribution in [0.3, 0.4) is 0 Å². The van der Waals surface area contributed by atoms with Crippen LogP contribution in [-0.2, 0) is 9.59 Å². The monoisotopic (exact) mass is 275 g/mol. The first-order valence-electron chi connectivity index (χ1n) is 4.27. The van der Waals surface area contributed by atoms with Crippen LogP contribution >= 0.6 is 23.2 Å². The highest BCUT2D eigenvalue weighted by atomic mass is 35.5. The number of nitrogens with one attached hydrogen (secondary N) is 2. The van der Waals surface area contributed by atoms with E-state index < -0.39 is 17.7 Å². The van der Waals surface area contributed by atoms with E-state index in [1.807, 2.05) is 10.9 Å². The van der Waals surface area contributed by atoms with E-state index in [-0.39, 0.29) is 10.6 Å². The number of amides is 3. The largest absolute Gasteiger partial charge is 0.361 e. The highest BCUT2D eigenvalue weighted by Gasteiger charge is 2.11. The zero-order valence-electron chi connectivity index (χ0n) is 8.29. The molecule has 1 aromatic carbocycles. The van der Waals surface area contributed by atoms with Gasteiger partial charge in [-0.15, -0.1) is 0 Å². The number of primary amides is 1. The summed E-state index contributed by atoms with van der Waals surface area (Å²) in [5.74, 6) is -2.99. The average molecular weight is 276 g/mol. The molecule has 0 radical (unpaired) electrons. The highest BCUT2D eigenvalue weighted by molar-refractivity contribution is 6.42. The molecule has 0 aliphatic heterocycles. The second-order valence-electron chi connectivity index (χ2n) is 2.90. The molecule has 6 nitrogen and oxygen atoms in total. The lowest BCUT2D eigenvalue weighted by Gasteiger charge is -2.06. The molecular formula is C9H7Cl2N3O3. The first-order chi connectivity index (χ1) is 7.91. The number of rotatable bonds is 1. The minimum atomic E-state index is -1.21. The first kappa shape index (κ1) is 13.3. The zero-order chi connectivity index (χ0) is 13.0. The molecule has 0 saturated carbocycles. The number of benzene rings is 1. The molecule has 1 rings (SSSR count). The molecule has 0 aromatic heterocycles. The molecule has 0 spiro atoms. The third-order valence-corrected chi connectivity index (χ3v) is 2.43. The summed E-state index contributed by atoms with van der Waals surface area (Å²) in [6.07, 6.45) is 0. The van der Waals surface area contributed by atoms with Gasteiger partial charge in [-0.1, -0.05) is 23.2 Å². The molecule has 4 N–H and O–H groups in total. The maximum Gasteiger partial charge on any atom is 0.327 e. The van der Waals surface area contributed by atoms with Crippen molar-refractivity contribution < 1.29 is 14.4 Å². The maximum atomic E-state index is 11.5. The Hall–Kier alpha value is -1.79. The molecule has 1 aromatic rings. The van der Waals surface area contributed by atoms with E-state index in [0.717, 1.165) is 0 Å². The van der Waals surface area contributed by atoms with Crippen molar-refractivity contribution in [3.05, 3.63) is 33.8 Å². The van der Waals surface area contributed by atoms with Crippen LogP contribution in [0, 0.1) is 0 Å². The molecule has 3 amide bonds. The molecule has 0 atom stereocenters. The summed E-state index contributed by atoms with van der Waals surface area (Å²) in [5.41, 5.74) is 8.65. The standard InChI is InChI=1S/C9H7Cl2N3O3/c10-5-2-1-4(3-6(5)11)8(16)13-14-9(17)7(12)15/h1-3H,(H2,12,15)(H,13,16)(H,14,17).